The molecule has 1 fully saturated rings. The summed E-state index contributed by atoms with van der Waals surface area (Å²) in [4.78, 5) is 2.28. The first-order valence-electron chi connectivity index (χ1n) is 5.36. The molecule has 1 saturated heterocycles. The Hall–Kier alpha value is -1.40. The average molecular weight is 235 g/mol. The van der Waals surface area contributed by atoms with E-state index in [-0.39, 0.29) is 0 Å². The zero-order valence-electron chi connectivity index (χ0n) is 8.83. The second kappa shape index (κ2) is 4.23. The van der Waals surface area contributed by atoms with Gasteiger partial charge >= 0.3 is 0 Å². The van der Waals surface area contributed by atoms with Crippen LogP contribution in [0, 0.1) is 0 Å². The van der Waals surface area contributed by atoms with E-state index >= 15 is 0 Å². The Balaban J connectivity index is 1.82. The summed E-state index contributed by atoms with van der Waals surface area (Å²) in [6.45, 7) is 4.08. The van der Waals surface area contributed by atoms with Crippen LogP contribution in [0.3, 0.4) is 0 Å². The maximum absolute atomic E-state index is 4.24. The van der Waals surface area contributed by atoms with Crippen molar-refractivity contribution in [1.82, 2.24) is 20.1 Å². The molecule has 0 atom stereocenters. The van der Waals surface area contributed by atoms with Crippen LogP contribution in [-0.2, 0) is 0 Å². The third kappa shape index (κ3) is 1.81. The van der Waals surface area contributed by atoms with E-state index in [0.29, 0.717) is 0 Å². The van der Waals surface area contributed by atoms with Crippen molar-refractivity contribution in [1.29, 1.82) is 0 Å². The van der Waals surface area contributed by atoms with E-state index in [9.17, 15) is 0 Å². The molecule has 0 radical (unpaired) electrons. The summed E-state index contributed by atoms with van der Waals surface area (Å²) in [6, 6.07) is 3.98. The lowest BCUT2D eigenvalue weighted by atomic mass is 10.4. The van der Waals surface area contributed by atoms with Gasteiger partial charge in [-0.15, -0.1) is 10.2 Å². The van der Waals surface area contributed by atoms with Gasteiger partial charge in [0.1, 0.15) is 0 Å². The zero-order chi connectivity index (χ0) is 10.8. The molecular weight excluding hydrogens is 222 g/mol. The number of hydrogen-bond donors (Lipinski definition) is 1. The number of rotatable bonds is 2. The minimum absolute atomic E-state index is 0.929. The average Bonchev–Trinajstić information content (AvgIpc) is 3.01. The molecular formula is C10H13N5S. The fraction of sp³-hybridized carbons (Fsp3) is 0.400. The van der Waals surface area contributed by atoms with Crippen LogP contribution in [0.25, 0.3) is 5.13 Å². The highest BCUT2D eigenvalue weighted by Gasteiger charge is 2.15. The van der Waals surface area contributed by atoms with Gasteiger partial charge in [-0.25, -0.2) is 0 Å². The third-order valence-electron chi connectivity index (χ3n) is 2.62. The molecule has 0 bridgehead atoms. The van der Waals surface area contributed by atoms with Crippen molar-refractivity contribution in [2.75, 3.05) is 31.1 Å². The number of aromatic nitrogens is 3. The molecule has 84 valence electrons. The first kappa shape index (κ1) is 9.80. The molecule has 3 rings (SSSR count). The fourth-order valence-electron chi connectivity index (χ4n) is 1.76. The molecule has 2 aromatic heterocycles. The molecule has 2 aromatic rings. The number of anilines is 1. The fourth-order valence-corrected chi connectivity index (χ4v) is 2.62. The molecule has 1 aliphatic heterocycles. The molecule has 16 heavy (non-hydrogen) atoms. The summed E-state index contributed by atoms with van der Waals surface area (Å²) in [7, 11) is 0. The van der Waals surface area contributed by atoms with Crippen LogP contribution >= 0.6 is 11.3 Å². The molecule has 3 heterocycles. The van der Waals surface area contributed by atoms with Gasteiger partial charge in [-0.2, -0.15) is 0 Å². The van der Waals surface area contributed by atoms with Crippen LogP contribution in [0.1, 0.15) is 0 Å². The SMILES string of the molecule is c1ccn(-c2nnc(N3CCNCC3)s2)c1. The van der Waals surface area contributed by atoms with Crippen LogP contribution in [0.4, 0.5) is 5.13 Å². The molecule has 0 aromatic carbocycles. The quantitative estimate of drug-likeness (QED) is 0.834. The van der Waals surface area contributed by atoms with E-state index in [4.69, 9.17) is 0 Å². The smallest absolute Gasteiger partial charge is 0.218 e. The Bertz CT molecular complexity index is 443. The first-order valence-corrected chi connectivity index (χ1v) is 6.18. The second-order valence-electron chi connectivity index (χ2n) is 3.69. The van der Waals surface area contributed by atoms with E-state index in [2.05, 4.69) is 20.4 Å². The summed E-state index contributed by atoms with van der Waals surface area (Å²) < 4.78 is 1.99. The highest BCUT2D eigenvalue weighted by Crippen LogP contribution is 2.23. The van der Waals surface area contributed by atoms with E-state index in [1.165, 1.54) is 0 Å². The molecule has 0 unspecified atom stereocenters. The van der Waals surface area contributed by atoms with Gasteiger partial charge in [0.05, 0.1) is 0 Å². The largest absolute Gasteiger partial charge is 0.344 e. The Morgan fingerprint density at radius 1 is 1.06 bits per heavy atom. The van der Waals surface area contributed by atoms with E-state index in [1.54, 1.807) is 11.3 Å². The van der Waals surface area contributed by atoms with Gasteiger partial charge in [0, 0.05) is 38.6 Å². The summed E-state index contributed by atoms with van der Waals surface area (Å²) in [5, 5.41) is 13.7. The van der Waals surface area contributed by atoms with Gasteiger partial charge in [-0.05, 0) is 12.1 Å². The van der Waals surface area contributed by atoms with Crippen LogP contribution in [-0.4, -0.2) is 40.9 Å². The van der Waals surface area contributed by atoms with Crippen molar-refractivity contribution < 1.29 is 0 Å². The first-order chi connectivity index (χ1) is 7.93. The Labute approximate surface area is 97.7 Å². The lowest BCUT2D eigenvalue weighted by Gasteiger charge is -2.26. The highest BCUT2D eigenvalue weighted by atomic mass is 32.1. The zero-order valence-corrected chi connectivity index (χ0v) is 9.65. The number of piperazine rings is 1. The van der Waals surface area contributed by atoms with Crippen LogP contribution in [0.15, 0.2) is 24.5 Å². The Morgan fingerprint density at radius 2 is 1.75 bits per heavy atom. The lowest BCUT2D eigenvalue weighted by Crippen LogP contribution is -2.43. The molecule has 0 spiro atoms. The standard InChI is InChI=1S/C10H13N5S/c1-2-6-14(5-1)9-12-13-10(16-9)15-7-3-11-4-8-15/h1-2,5-6,11H,3-4,7-8H2. The number of nitrogens with zero attached hydrogens (tertiary/aromatic N) is 4. The summed E-state index contributed by atoms with van der Waals surface area (Å²) in [5.41, 5.74) is 0. The van der Waals surface area contributed by atoms with Gasteiger partial charge in [0.25, 0.3) is 0 Å². The minimum Gasteiger partial charge on any atom is -0.344 e. The number of hydrogen-bond acceptors (Lipinski definition) is 5. The van der Waals surface area contributed by atoms with Crippen molar-refractivity contribution in [2.45, 2.75) is 0 Å². The van der Waals surface area contributed by atoms with Gasteiger partial charge in [0.2, 0.25) is 10.3 Å². The van der Waals surface area contributed by atoms with E-state index < -0.39 is 0 Å². The van der Waals surface area contributed by atoms with Crippen molar-refractivity contribution in [3.63, 3.8) is 0 Å². The molecule has 6 heteroatoms. The molecule has 0 saturated carbocycles. The van der Waals surface area contributed by atoms with E-state index in [0.717, 1.165) is 36.4 Å². The monoisotopic (exact) mass is 235 g/mol. The molecule has 1 aliphatic rings. The van der Waals surface area contributed by atoms with Crippen LogP contribution in [0.2, 0.25) is 0 Å². The molecule has 0 aliphatic carbocycles. The van der Waals surface area contributed by atoms with Gasteiger partial charge in [-0.1, -0.05) is 11.3 Å². The van der Waals surface area contributed by atoms with Gasteiger partial charge in [-0.3, -0.25) is 4.57 Å². The third-order valence-corrected chi connectivity index (χ3v) is 3.61. The lowest BCUT2D eigenvalue weighted by molar-refractivity contribution is 0.587. The van der Waals surface area contributed by atoms with Crippen molar-refractivity contribution >= 4 is 16.5 Å². The predicted octanol–water partition coefficient (Wildman–Crippen LogP) is 0.738. The topological polar surface area (TPSA) is 46.0 Å². The van der Waals surface area contributed by atoms with Gasteiger partial charge < -0.3 is 10.2 Å². The van der Waals surface area contributed by atoms with Crippen molar-refractivity contribution in [3.8, 4) is 5.13 Å². The Kier molecular flexibility index (Phi) is 2.59. The van der Waals surface area contributed by atoms with Gasteiger partial charge in [0.15, 0.2) is 0 Å². The van der Waals surface area contributed by atoms with Crippen LogP contribution < -0.4 is 10.2 Å². The van der Waals surface area contributed by atoms with Crippen molar-refractivity contribution in [2.24, 2.45) is 0 Å². The molecule has 5 nitrogen and oxygen atoms in total. The second-order valence-corrected chi connectivity index (χ2v) is 4.63. The summed E-state index contributed by atoms with van der Waals surface area (Å²) in [6.07, 6.45) is 3.98. The summed E-state index contributed by atoms with van der Waals surface area (Å²) >= 11 is 1.64. The maximum atomic E-state index is 4.24. The normalized spacial score (nSPS) is 16.6. The van der Waals surface area contributed by atoms with E-state index in [1.807, 2.05) is 29.1 Å². The summed E-state index contributed by atoms with van der Waals surface area (Å²) in [5.74, 6) is 0. The predicted molar refractivity (Wildman–Crippen MR) is 64.3 cm³/mol. The van der Waals surface area contributed by atoms with Crippen LogP contribution in [0.5, 0.6) is 0 Å². The minimum atomic E-state index is 0.929. The maximum Gasteiger partial charge on any atom is 0.218 e. The molecule has 0 amide bonds. The highest BCUT2D eigenvalue weighted by molar-refractivity contribution is 7.17. The Morgan fingerprint density at radius 3 is 2.50 bits per heavy atom. The number of nitrogens with one attached hydrogen (secondary N) is 1. The van der Waals surface area contributed by atoms with Crippen molar-refractivity contribution in [3.05, 3.63) is 24.5 Å². The molecule has 1 N–H and O–H groups in total.